The summed E-state index contributed by atoms with van der Waals surface area (Å²) in [5, 5.41) is 3.39. The molecule has 1 aromatic rings. The van der Waals surface area contributed by atoms with E-state index in [2.05, 4.69) is 45.1 Å². The molecule has 78 valence electrons. The number of methoxy groups -OCH3 is 1. The molecule has 1 N–H and O–H groups in total. The van der Waals surface area contributed by atoms with Gasteiger partial charge in [-0.3, -0.25) is 0 Å². The zero-order valence-corrected chi connectivity index (χ0v) is 9.64. The molecule has 0 fully saturated rings. The van der Waals surface area contributed by atoms with Crippen molar-refractivity contribution in [1.29, 1.82) is 0 Å². The number of aryl methyl sites for hydroxylation is 1. The summed E-state index contributed by atoms with van der Waals surface area (Å²) in [4.78, 5) is 0. The number of benzene rings is 1. The van der Waals surface area contributed by atoms with Gasteiger partial charge in [-0.25, -0.2) is 0 Å². The van der Waals surface area contributed by atoms with E-state index in [9.17, 15) is 0 Å². The minimum atomic E-state index is 0.445. The van der Waals surface area contributed by atoms with Gasteiger partial charge < -0.3 is 10.1 Å². The Morgan fingerprint density at radius 2 is 1.86 bits per heavy atom. The Morgan fingerprint density at radius 3 is 2.36 bits per heavy atom. The summed E-state index contributed by atoms with van der Waals surface area (Å²) < 4.78 is 5.36. The van der Waals surface area contributed by atoms with Gasteiger partial charge in [0.05, 0.1) is 7.11 Å². The molecule has 0 amide bonds. The molecular formula is C12H19NO. The van der Waals surface area contributed by atoms with Crippen LogP contribution in [-0.4, -0.2) is 13.2 Å². The second-order valence-corrected chi connectivity index (χ2v) is 3.89. The normalized spacial score (nSPS) is 10.4. The average molecular weight is 193 g/mol. The van der Waals surface area contributed by atoms with Crippen LogP contribution in [0.1, 0.15) is 25.0 Å². The molecule has 0 heterocycles. The Kier molecular flexibility index (Phi) is 3.39. The van der Waals surface area contributed by atoms with Crippen molar-refractivity contribution in [2.45, 2.75) is 33.7 Å². The number of hydrogen-bond donors (Lipinski definition) is 1. The highest BCUT2D eigenvalue weighted by Crippen LogP contribution is 2.29. The summed E-state index contributed by atoms with van der Waals surface area (Å²) in [6.45, 7) is 8.40. The van der Waals surface area contributed by atoms with Crippen LogP contribution in [0.3, 0.4) is 0 Å². The second kappa shape index (κ2) is 4.36. The van der Waals surface area contributed by atoms with Crippen molar-refractivity contribution in [2.75, 3.05) is 12.4 Å². The SMILES string of the molecule is COc1c(C)ccc(NC(C)C)c1C. The summed E-state index contributed by atoms with van der Waals surface area (Å²) in [7, 11) is 1.72. The van der Waals surface area contributed by atoms with Crippen molar-refractivity contribution >= 4 is 5.69 Å². The van der Waals surface area contributed by atoms with Gasteiger partial charge in [0.15, 0.2) is 0 Å². The topological polar surface area (TPSA) is 21.3 Å². The molecule has 0 saturated carbocycles. The van der Waals surface area contributed by atoms with E-state index < -0.39 is 0 Å². The molecule has 0 bridgehead atoms. The zero-order valence-electron chi connectivity index (χ0n) is 9.64. The minimum Gasteiger partial charge on any atom is -0.496 e. The van der Waals surface area contributed by atoms with Crippen LogP contribution in [0.2, 0.25) is 0 Å². The van der Waals surface area contributed by atoms with E-state index in [-0.39, 0.29) is 0 Å². The molecule has 0 aliphatic rings. The van der Waals surface area contributed by atoms with Crippen LogP contribution in [0, 0.1) is 13.8 Å². The Morgan fingerprint density at radius 1 is 1.21 bits per heavy atom. The van der Waals surface area contributed by atoms with Crippen molar-refractivity contribution in [2.24, 2.45) is 0 Å². The van der Waals surface area contributed by atoms with Crippen molar-refractivity contribution in [1.82, 2.24) is 0 Å². The van der Waals surface area contributed by atoms with Crippen molar-refractivity contribution in [3.05, 3.63) is 23.3 Å². The third kappa shape index (κ3) is 2.19. The van der Waals surface area contributed by atoms with Gasteiger partial charge in [0.25, 0.3) is 0 Å². The lowest BCUT2D eigenvalue weighted by Gasteiger charge is -2.16. The fraction of sp³-hybridized carbons (Fsp3) is 0.500. The highest BCUT2D eigenvalue weighted by molar-refractivity contribution is 5.59. The molecule has 14 heavy (non-hydrogen) atoms. The third-order valence-corrected chi connectivity index (χ3v) is 2.25. The first-order valence-electron chi connectivity index (χ1n) is 4.97. The second-order valence-electron chi connectivity index (χ2n) is 3.89. The molecule has 0 saturated heterocycles. The van der Waals surface area contributed by atoms with Crippen LogP contribution >= 0.6 is 0 Å². The number of rotatable bonds is 3. The smallest absolute Gasteiger partial charge is 0.126 e. The largest absolute Gasteiger partial charge is 0.496 e. The quantitative estimate of drug-likeness (QED) is 0.796. The van der Waals surface area contributed by atoms with Crippen LogP contribution < -0.4 is 10.1 Å². The molecule has 0 aromatic heterocycles. The summed E-state index contributed by atoms with van der Waals surface area (Å²) in [5.41, 5.74) is 3.52. The van der Waals surface area contributed by atoms with E-state index in [4.69, 9.17) is 4.74 Å². The highest BCUT2D eigenvalue weighted by atomic mass is 16.5. The van der Waals surface area contributed by atoms with Crippen molar-refractivity contribution < 1.29 is 4.74 Å². The van der Waals surface area contributed by atoms with Crippen LogP contribution in [0.25, 0.3) is 0 Å². The van der Waals surface area contributed by atoms with Crippen molar-refractivity contribution in [3.63, 3.8) is 0 Å². The van der Waals surface area contributed by atoms with Gasteiger partial charge in [0.2, 0.25) is 0 Å². The zero-order chi connectivity index (χ0) is 10.7. The summed E-state index contributed by atoms with van der Waals surface area (Å²) in [6, 6.07) is 4.63. The maximum Gasteiger partial charge on any atom is 0.126 e. The predicted octanol–water partition coefficient (Wildman–Crippen LogP) is 3.13. The lowest BCUT2D eigenvalue weighted by Crippen LogP contribution is -2.11. The monoisotopic (exact) mass is 193 g/mol. The molecular weight excluding hydrogens is 174 g/mol. The molecule has 1 aromatic carbocycles. The van der Waals surface area contributed by atoms with Crippen LogP contribution in [0.15, 0.2) is 12.1 Å². The molecule has 1 rings (SSSR count). The first-order chi connectivity index (χ1) is 6.56. The molecule has 0 spiro atoms. The fourth-order valence-electron chi connectivity index (χ4n) is 1.61. The van der Waals surface area contributed by atoms with E-state index in [1.54, 1.807) is 7.11 Å². The van der Waals surface area contributed by atoms with E-state index in [1.165, 1.54) is 11.1 Å². The minimum absolute atomic E-state index is 0.445. The Labute approximate surface area is 86.3 Å². The van der Waals surface area contributed by atoms with Gasteiger partial charge >= 0.3 is 0 Å². The number of nitrogens with one attached hydrogen (secondary N) is 1. The van der Waals surface area contributed by atoms with Crippen LogP contribution in [-0.2, 0) is 0 Å². The molecule has 0 atom stereocenters. The molecule has 2 heteroatoms. The molecule has 0 unspecified atom stereocenters. The molecule has 0 aliphatic carbocycles. The van der Waals surface area contributed by atoms with Gasteiger partial charge in [0.1, 0.15) is 5.75 Å². The maximum absolute atomic E-state index is 5.36. The number of hydrogen-bond acceptors (Lipinski definition) is 2. The molecule has 0 aliphatic heterocycles. The Bertz CT molecular complexity index is 318. The van der Waals surface area contributed by atoms with Gasteiger partial charge in [0, 0.05) is 17.3 Å². The Balaban J connectivity index is 3.08. The van der Waals surface area contributed by atoms with E-state index in [0.29, 0.717) is 6.04 Å². The standard InChI is InChI=1S/C12H19NO/c1-8(2)13-11-7-6-9(3)12(14-5)10(11)4/h6-8,13H,1-5H3. The van der Waals surface area contributed by atoms with E-state index in [1.807, 2.05) is 0 Å². The Hall–Kier alpha value is -1.18. The van der Waals surface area contributed by atoms with Gasteiger partial charge in [-0.15, -0.1) is 0 Å². The summed E-state index contributed by atoms with van der Waals surface area (Å²) >= 11 is 0. The van der Waals surface area contributed by atoms with E-state index in [0.717, 1.165) is 11.4 Å². The van der Waals surface area contributed by atoms with Gasteiger partial charge in [-0.2, -0.15) is 0 Å². The van der Waals surface area contributed by atoms with Gasteiger partial charge in [-0.1, -0.05) is 6.07 Å². The molecule has 2 nitrogen and oxygen atoms in total. The number of anilines is 1. The molecule has 0 radical (unpaired) electrons. The average Bonchev–Trinajstić information content (AvgIpc) is 2.10. The lowest BCUT2D eigenvalue weighted by molar-refractivity contribution is 0.409. The summed E-state index contributed by atoms with van der Waals surface area (Å²) in [6.07, 6.45) is 0. The first-order valence-corrected chi connectivity index (χ1v) is 4.97. The third-order valence-electron chi connectivity index (χ3n) is 2.25. The van der Waals surface area contributed by atoms with E-state index >= 15 is 0 Å². The van der Waals surface area contributed by atoms with Crippen molar-refractivity contribution in [3.8, 4) is 5.75 Å². The first kappa shape index (κ1) is 10.9. The van der Waals surface area contributed by atoms with Gasteiger partial charge in [-0.05, 0) is 39.3 Å². The summed E-state index contributed by atoms with van der Waals surface area (Å²) in [5.74, 6) is 0.982. The predicted molar refractivity (Wildman–Crippen MR) is 61.2 cm³/mol. The number of ether oxygens (including phenoxy) is 1. The maximum atomic E-state index is 5.36. The van der Waals surface area contributed by atoms with Crippen LogP contribution in [0.4, 0.5) is 5.69 Å². The highest BCUT2D eigenvalue weighted by Gasteiger charge is 2.07. The lowest BCUT2D eigenvalue weighted by atomic mass is 10.1. The fourth-order valence-corrected chi connectivity index (χ4v) is 1.61. The van der Waals surface area contributed by atoms with Crippen LogP contribution in [0.5, 0.6) is 5.75 Å².